The van der Waals surface area contributed by atoms with E-state index in [4.69, 9.17) is 5.11 Å². The van der Waals surface area contributed by atoms with Gasteiger partial charge in [-0.3, -0.25) is 0 Å². The summed E-state index contributed by atoms with van der Waals surface area (Å²) in [5, 5.41) is 8.76. The maximum atomic E-state index is 12.1. The molecule has 1 saturated carbocycles. The summed E-state index contributed by atoms with van der Waals surface area (Å²) in [7, 11) is -1.98. The molecule has 2 rings (SSSR count). The van der Waals surface area contributed by atoms with E-state index in [2.05, 4.69) is 0 Å². The lowest BCUT2D eigenvalue weighted by Crippen LogP contribution is -2.28. The first kappa shape index (κ1) is 12.5. The topological polar surface area (TPSA) is 74.7 Å². The number of hydrogen-bond donors (Lipinski definition) is 1. The van der Waals surface area contributed by atoms with Crippen molar-refractivity contribution in [1.29, 1.82) is 0 Å². The Morgan fingerprint density at radius 3 is 2.65 bits per heavy atom. The van der Waals surface area contributed by atoms with Crippen LogP contribution in [-0.2, 0) is 10.0 Å². The van der Waals surface area contributed by atoms with Gasteiger partial charge in [0.2, 0.25) is 0 Å². The minimum absolute atomic E-state index is 0.0448. The molecular formula is C10H13NO4S2. The minimum Gasteiger partial charge on any atom is -0.477 e. The maximum absolute atomic E-state index is 12.1. The lowest BCUT2D eigenvalue weighted by Gasteiger charge is -2.15. The van der Waals surface area contributed by atoms with Crippen LogP contribution in [0.25, 0.3) is 0 Å². The van der Waals surface area contributed by atoms with Crippen LogP contribution in [0.1, 0.15) is 22.5 Å². The Kier molecular flexibility index (Phi) is 3.24. The van der Waals surface area contributed by atoms with E-state index in [0.717, 1.165) is 24.2 Å². The highest BCUT2D eigenvalue weighted by Crippen LogP contribution is 2.32. The molecule has 1 aliphatic rings. The molecule has 1 N–H and O–H groups in total. The molecule has 0 aliphatic heterocycles. The monoisotopic (exact) mass is 275 g/mol. The predicted molar refractivity (Wildman–Crippen MR) is 63.8 cm³/mol. The lowest BCUT2D eigenvalue weighted by molar-refractivity contribution is 0.0702. The zero-order chi connectivity index (χ0) is 12.6. The van der Waals surface area contributed by atoms with Crippen molar-refractivity contribution in [2.24, 2.45) is 5.92 Å². The van der Waals surface area contributed by atoms with Crippen molar-refractivity contribution in [3.63, 3.8) is 0 Å². The van der Waals surface area contributed by atoms with Crippen LogP contribution in [0, 0.1) is 5.92 Å². The van der Waals surface area contributed by atoms with E-state index in [0.29, 0.717) is 12.5 Å². The van der Waals surface area contributed by atoms with Crippen LogP contribution in [-0.4, -0.2) is 37.4 Å². The van der Waals surface area contributed by atoms with E-state index < -0.39 is 16.0 Å². The second kappa shape index (κ2) is 4.40. The summed E-state index contributed by atoms with van der Waals surface area (Å²) in [6, 6.07) is 2.68. The summed E-state index contributed by atoms with van der Waals surface area (Å²) in [6.45, 7) is 0.517. The number of sulfonamides is 1. The fourth-order valence-corrected chi connectivity index (χ4v) is 4.09. The molecule has 0 amide bonds. The molecule has 0 radical (unpaired) electrons. The molecule has 0 spiro atoms. The summed E-state index contributed by atoms with van der Waals surface area (Å²) >= 11 is 0.795. The standard InChI is InChI=1S/C10H13NO4S2/c1-11(6-7-2-3-7)17(14,15)9-5-4-8(16-9)10(12)13/h4-5,7H,2-3,6H2,1H3,(H,12,13). The van der Waals surface area contributed by atoms with Crippen molar-refractivity contribution in [3.8, 4) is 0 Å². The molecular weight excluding hydrogens is 262 g/mol. The number of hydrogen-bond acceptors (Lipinski definition) is 4. The Labute approximate surface area is 104 Å². The molecule has 1 aliphatic carbocycles. The van der Waals surface area contributed by atoms with Gasteiger partial charge in [0.1, 0.15) is 9.09 Å². The molecule has 1 aromatic rings. The molecule has 0 atom stereocenters. The fourth-order valence-electron chi connectivity index (χ4n) is 1.49. The molecule has 1 aromatic heterocycles. The fraction of sp³-hybridized carbons (Fsp3) is 0.500. The highest BCUT2D eigenvalue weighted by atomic mass is 32.2. The quantitative estimate of drug-likeness (QED) is 0.883. The van der Waals surface area contributed by atoms with Crippen LogP contribution in [0.3, 0.4) is 0 Å². The Balaban J connectivity index is 2.20. The van der Waals surface area contributed by atoms with Crippen molar-refractivity contribution >= 4 is 27.3 Å². The molecule has 5 nitrogen and oxygen atoms in total. The molecule has 94 valence electrons. The summed E-state index contributed by atoms with van der Waals surface area (Å²) in [5.74, 6) is -0.630. The first-order chi connectivity index (χ1) is 7.91. The van der Waals surface area contributed by atoms with Crippen molar-refractivity contribution < 1.29 is 18.3 Å². The summed E-state index contributed by atoms with van der Waals surface area (Å²) < 4.78 is 25.6. The molecule has 0 unspecified atom stereocenters. The summed E-state index contributed by atoms with van der Waals surface area (Å²) in [5.41, 5.74) is 0. The molecule has 0 aromatic carbocycles. The van der Waals surface area contributed by atoms with Gasteiger partial charge in [-0.1, -0.05) is 0 Å². The van der Waals surface area contributed by atoms with E-state index in [1.165, 1.54) is 23.5 Å². The third kappa shape index (κ3) is 2.67. The number of carbonyl (C=O) groups is 1. The summed E-state index contributed by atoms with van der Waals surface area (Å²) in [4.78, 5) is 10.7. The van der Waals surface area contributed by atoms with Crippen LogP contribution < -0.4 is 0 Å². The lowest BCUT2D eigenvalue weighted by atomic mass is 10.4. The van der Waals surface area contributed by atoms with Gasteiger partial charge in [0.25, 0.3) is 10.0 Å². The average Bonchev–Trinajstić information content (AvgIpc) is 2.91. The largest absolute Gasteiger partial charge is 0.477 e. The predicted octanol–water partition coefficient (Wildman–Crippen LogP) is 1.48. The normalized spacial score (nSPS) is 16.4. The van der Waals surface area contributed by atoms with Crippen LogP contribution in [0.4, 0.5) is 0 Å². The van der Waals surface area contributed by atoms with E-state index in [1.807, 2.05) is 0 Å². The van der Waals surface area contributed by atoms with Gasteiger partial charge in [0.15, 0.2) is 0 Å². The van der Waals surface area contributed by atoms with Gasteiger partial charge in [-0.15, -0.1) is 11.3 Å². The van der Waals surface area contributed by atoms with E-state index in [1.54, 1.807) is 0 Å². The van der Waals surface area contributed by atoms with Crippen LogP contribution >= 0.6 is 11.3 Å². The third-order valence-corrected chi connectivity index (χ3v) is 6.03. The van der Waals surface area contributed by atoms with E-state index >= 15 is 0 Å². The van der Waals surface area contributed by atoms with Crippen LogP contribution in [0.5, 0.6) is 0 Å². The van der Waals surface area contributed by atoms with E-state index in [9.17, 15) is 13.2 Å². The zero-order valence-electron chi connectivity index (χ0n) is 9.29. The van der Waals surface area contributed by atoms with Crippen molar-refractivity contribution in [2.45, 2.75) is 17.1 Å². The second-order valence-electron chi connectivity index (χ2n) is 4.15. The molecule has 1 fully saturated rings. The molecule has 17 heavy (non-hydrogen) atoms. The third-order valence-electron chi connectivity index (χ3n) is 2.67. The SMILES string of the molecule is CN(CC1CC1)S(=O)(=O)c1ccc(C(=O)O)s1. The van der Waals surface area contributed by atoms with Gasteiger partial charge in [-0.2, -0.15) is 4.31 Å². The smallest absolute Gasteiger partial charge is 0.345 e. The average molecular weight is 275 g/mol. The Hall–Kier alpha value is -0.920. The van der Waals surface area contributed by atoms with Gasteiger partial charge >= 0.3 is 5.97 Å². The summed E-state index contributed by atoms with van der Waals surface area (Å²) in [6.07, 6.45) is 2.15. The number of carboxylic acids is 1. The number of carboxylic acid groups (broad SMARTS) is 1. The minimum atomic E-state index is -3.52. The Bertz CT molecular complexity index is 530. The molecule has 0 bridgehead atoms. The number of aromatic carboxylic acids is 1. The van der Waals surface area contributed by atoms with Crippen molar-refractivity contribution in [3.05, 3.63) is 17.0 Å². The zero-order valence-corrected chi connectivity index (χ0v) is 10.9. The van der Waals surface area contributed by atoms with Crippen molar-refractivity contribution in [2.75, 3.05) is 13.6 Å². The van der Waals surface area contributed by atoms with Gasteiger partial charge < -0.3 is 5.11 Å². The van der Waals surface area contributed by atoms with Gasteiger partial charge in [-0.05, 0) is 30.9 Å². The number of rotatable bonds is 5. The number of thiophene rings is 1. The highest BCUT2D eigenvalue weighted by Gasteiger charge is 2.30. The molecule has 7 heteroatoms. The first-order valence-corrected chi connectivity index (χ1v) is 7.46. The van der Waals surface area contributed by atoms with Gasteiger partial charge in [-0.25, -0.2) is 13.2 Å². The Morgan fingerprint density at radius 1 is 1.53 bits per heavy atom. The first-order valence-electron chi connectivity index (χ1n) is 5.20. The van der Waals surface area contributed by atoms with E-state index in [-0.39, 0.29) is 9.09 Å². The van der Waals surface area contributed by atoms with Gasteiger partial charge in [0.05, 0.1) is 0 Å². The second-order valence-corrected chi connectivity index (χ2v) is 7.51. The maximum Gasteiger partial charge on any atom is 0.345 e. The molecule has 1 heterocycles. The number of nitrogens with zero attached hydrogens (tertiary/aromatic N) is 1. The van der Waals surface area contributed by atoms with Gasteiger partial charge in [0, 0.05) is 13.6 Å². The van der Waals surface area contributed by atoms with Crippen LogP contribution in [0.15, 0.2) is 16.3 Å². The Morgan fingerprint density at radius 2 is 2.18 bits per heavy atom. The van der Waals surface area contributed by atoms with Crippen molar-refractivity contribution in [1.82, 2.24) is 4.31 Å². The molecule has 0 saturated heterocycles. The van der Waals surface area contributed by atoms with Crippen LogP contribution in [0.2, 0.25) is 0 Å². The highest BCUT2D eigenvalue weighted by molar-refractivity contribution is 7.91.